The quantitative estimate of drug-likeness (QED) is 0.642. The van der Waals surface area contributed by atoms with Gasteiger partial charge >= 0.3 is 0 Å². The Kier molecular flexibility index (Phi) is 4.75. The van der Waals surface area contributed by atoms with E-state index in [1.165, 1.54) is 9.13 Å². The van der Waals surface area contributed by atoms with Crippen molar-refractivity contribution in [1.29, 1.82) is 0 Å². The molecule has 0 bridgehead atoms. The standard InChI is InChI=1S/C16H19IN2O/c1-10(2)13-8-12(17-3)9-14(16(13)18)11-5-6-19-15(7-11)20-4/h5-10H,3,18H2,1-2,4H3. The molecule has 2 rings (SSSR count). The lowest BCUT2D eigenvalue weighted by atomic mass is 9.95. The molecule has 2 N–H and O–H groups in total. The van der Waals surface area contributed by atoms with E-state index in [0.717, 1.165) is 16.8 Å². The lowest BCUT2D eigenvalue weighted by Gasteiger charge is -2.15. The van der Waals surface area contributed by atoms with Gasteiger partial charge in [-0.1, -0.05) is 39.1 Å². The molecule has 0 fully saturated rings. The Morgan fingerprint density at radius 2 is 2.05 bits per heavy atom. The summed E-state index contributed by atoms with van der Waals surface area (Å²) in [5.74, 6) is 0.996. The van der Waals surface area contributed by atoms with Gasteiger partial charge in [-0.25, -0.2) is 4.98 Å². The molecule has 0 aliphatic carbocycles. The second kappa shape index (κ2) is 6.35. The van der Waals surface area contributed by atoms with Crippen LogP contribution in [-0.2, 0) is 0 Å². The summed E-state index contributed by atoms with van der Waals surface area (Å²) >= 11 is -0.219. The van der Waals surface area contributed by atoms with E-state index in [9.17, 15) is 0 Å². The van der Waals surface area contributed by atoms with Crippen LogP contribution in [0.2, 0.25) is 0 Å². The number of hydrogen-bond acceptors (Lipinski definition) is 3. The molecule has 0 atom stereocenters. The number of pyridine rings is 1. The van der Waals surface area contributed by atoms with E-state index in [1.807, 2.05) is 12.1 Å². The predicted molar refractivity (Wildman–Crippen MR) is 94.6 cm³/mol. The minimum atomic E-state index is -0.219. The average Bonchev–Trinajstić information content (AvgIpc) is 2.47. The van der Waals surface area contributed by atoms with Crippen LogP contribution in [0.5, 0.6) is 5.88 Å². The molecule has 1 aromatic carbocycles. The molecule has 0 radical (unpaired) electrons. The first kappa shape index (κ1) is 15.0. The van der Waals surface area contributed by atoms with Gasteiger partial charge in [0.15, 0.2) is 0 Å². The summed E-state index contributed by atoms with van der Waals surface area (Å²) in [6.07, 6.45) is 1.74. The first-order chi connectivity index (χ1) is 9.56. The SMILES string of the molecule is C=Ic1cc(-c2ccnc(OC)c2)c(N)c(C(C)C)c1. The topological polar surface area (TPSA) is 48.1 Å². The van der Waals surface area contributed by atoms with Gasteiger partial charge in [0, 0.05) is 27.1 Å². The number of methoxy groups -OCH3 is 1. The summed E-state index contributed by atoms with van der Waals surface area (Å²) in [6.45, 7) is 4.32. The highest BCUT2D eigenvalue weighted by Crippen LogP contribution is 2.35. The first-order valence-electron chi connectivity index (χ1n) is 6.39. The monoisotopic (exact) mass is 382 g/mol. The van der Waals surface area contributed by atoms with Crippen LogP contribution >= 0.6 is 20.7 Å². The van der Waals surface area contributed by atoms with Crippen LogP contribution in [0.15, 0.2) is 30.5 Å². The molecule has 20 heavy (non-hydrogen) atoms. The molecule has 1 aromatic heterocycles. The number of aromatic nitrogens is 1. The zero-order valence-corrected chi connectivity index (χ0v) is 14.1. The van der Waals surface area contributed by atoms with E-state index in [1.54, 1.807) is 13.3 Å². The van der Waals surface area contributed by atoms with Crippen molar-refractivity contribution >= 4 is 30.9 Å². The Balaban J connectivity index is 2.65. The minimum Gasteiger partial charge on any atom is -0.481 e. The van der Waals surface area contributed by atoms with Crippen molar-refractivity contribution in [3.8, 4) is 17.0 Å². The third kappa shape index (κ3) is 3.00. The molecule has 4 heteroatoms. The highest BCUT2D eigenvalue weighted by molar-refractivity contribution is 14.2. The highest BCUT2D eigenvalue weighted by atomic mass is 127. The molecule has 0 saturated carbocycles. The predicted octanol–water partition coefficient (Wildman–Crippen LogP) is 4.04. The van der Waals surface area contributed by atoms with Crippen LogP contribution in [-0.4, -0.2) is 16.6 Å². The van der Waals surface area contributed by atoms with E-state index in [0.29, 0.717) is 11.8 Å². The lowest BCUT2D eigenvalue weighted by Crippen LogP contribution is -2.00. The number of benzene rings is 1. The molecule has 1 heterocycles. The van der Waals surface area contributed by atoms with Gasteiger partial charge in [0.2, 0.25) is 5.88 Å². The summed E-state index contributed by atoms with van der Waals surface area (Å²) in [5, 5.41) is 0. The summed E-state index contributed by atoms with van der Waals surface area (Å²) in [5.41, 5.74) is 10.5. The van der Waals surface area contributed by atoms with Crippen molar-refractivity contribution < 1.29 is 4.74 Å². The number of halogens is 1. The molecule has 0 aliphatic rings. The van der Waals surface area contributed by atoms with Crippen LogP contribution in [0, 0.1) is 3.57 Å². The van der Waals surface area contributed by atoms with Crippen molar-refractivity contribution in [1.82, 2.24) is 4.98 Å². The molecule has 0 saturated heterocycles. The summed E-state index contributed by atoms with van der Waals surface area (Å²) in [7, 11) is 1.62. The third-order valence-electron chi connectivity index (χ3n) is 3.21. The molecule has 3 nitrogen and oxygen atoms in total. The number of nitrogens with zero attached hydrogens (tertiary/aromatic N) is 1. The number of ether oxygens (including phenoxy) is 1. The van der Waals surface area contributed by atoms with Crippen LogP contribution in [0.1, 0.15) is 25.3 Å². The molecular weight excluding hydrogens is 363 g/mol. The Hall–Kier alpha value is -1.43. The zero-order valence-electron chi connectivity index (χ0n) is 12.0. The fourth-order valence-electron chi connectivity index (χ4n) is 2.12. The van der Waals surface area contributed by atoms with Crippen LogP contribution < -0.4 is 10.5 Å². The maximum atomic E-state index is 6.36. The van der Waals surface area contributed by atoms with Gasteiger partial charge in [0.05, 0.1) is 7.11 Å². The maximum absolute atomic E-state index is 6.36. The van der Waals surface area contributed by atoms with Gasteiger partial charge in [-0.05, 0) is 35.2 Å². The summed E-state index contributed by atoms with van der Waals surface area (Å²) in [4.78, 5) is 4.14. The molecule has 0 aliphatic heterocycles. The molecule has 2 aromatic rings. The fourth-order valence-corrected chi connectivity index (χ4v) is 3.21. The van der Waals surface area contributed by atoms with Gasteiger partial charge in [-0.2, -0.15) is 0 Å². The summed E-state index contributed by atoms with van der Waals surface area (Å²) < 4.78 is 10.6. The first-order valence-corrected chi connectivity index (χ1v) is 8.99. The van der Waals surface area contributed by atoms with E-state index in [2.05, 4.69) is 35.5 Å². The Morgan fingerprint density at radius 1 is 1.30 bits per heavy atom. The zero-order chi connectivity index (χ0) is 14.7. The Labute approximate surface area is 129 Å². The number of anilines is 1. The van der Waals surface area contributed by atoms with Gasteiger partial charge in [0.1, 0.15) is 0 Å². The molecule has 0 amide bonds. The van der Waals surface area contributed by atoms with Crippen LogP contribution in [0.3, 0.4) is 0 Å². The van der Waals surface area contributed by atoms with E-state index >= 15 is 0 Å². The number of nitrogens with two attached hydrogens (primary N) is 1. The van der Waals surface area contributed by atoms with Crippen molar-refractivity contribution in [3.63, 3.8) is 0 Å². The highest BCUT2D eigenvalue weighted by Gasteiger charge is 2.12. The molecule has 0 spiro atoms. The minimum absolute atomic E-state index is 0.219. The second-order valence-corrected chi connectivity index (χ2v) is 6.84. The number of hydrogen-bond donors (Lipinski definition) is 1. The van der Waals surface area contributed by atoms with Crippen LogP contribution in [0.25, 0.3) is 11.1 Å². The Bertz CT molecular complexity index is 638. The van der Waals surface area contributed by atoms with E-state index in [-0.39, 0.29) is 20.7 Å². The largest absolute Gasteiger partial charge is 0.481 e. The van der Waals surface area contributed by atoms with Crippen molar-refractivity contribution in [2.75, 3.05) is 12.8 Å². The molecular formula is C16H19IN2O. The van der Waals surface area contributed by atoms with E-state index < -0.39 is 0 Å². The van der Waals surface area contributed by atoms with Crippen LogP contribution in [0.4, 0.5) is 5.69 Å². The van der Waals surface area contributed by atoms with Crippen molar-refractivity contribution in [2.24, 2.45) is 0 Å². The van der Waals surface area contributed by atoms with Gasteiger partial charge < -0.3 is 10.5 Å². The lowest BCUT2D eigenvalue weighted by molar-refractivity contribution is 0.398. The average molecular weight is 382 g/mol. The third-order valence-corrected chi connectivity index (χ3v) is 4.71. The van der Waals surface area contributed by atoms with Gasteiger partial charge in [-0.3, -0.25) is 0 Å². The number of nitrogen functional groups attached to an aromatic ring is 1. The number of rotatable bonds is 4. The second-order valence-electron chi connectivity index (χ2n) is 4.83. The Morgan fingerprint density at radius 3 is 2.65 bits per heavy atom. The fraction of sp³-hybridized carbons (Fsp3) is 0.250. The van der Waals surface area contributed by atoms with Crippen molar-refractivity contribution in [3.05, 3.63) is 39.6 Å². The summed E-state index contributed by atoms with van der Waals surface area (Å²) in [6, 6.07) is 8.23. The molecule has 106 valence electrons. The van der Waals surface area contributed by atoms with Gasteiger partial charge in [0.25, 0.3) is 0 Å². The van der Waals surface area contributed by atoms with Gasteiger partial charge in [-0.15, -0.1) is 0 Å². The normalized spacial score (nSPS) is 10.8. The molecule has 0 unspecified atom stereocenters. The maximum Gasteiger partial charge on any atom is 0.213 e. The van der Waals surface area contributed by atoms with Crippen molar-refractivity contribution in [2.45, 2.75) is 19.8 Å². The van der Waals surface area contributed by atoms with E-state index in [4.69, 9.17) is 10.5 Å². The smallest absolute Gasteiger partial charge is 0.213 e.